The third-order valence-electron chi connectivity index (χ3n) is 1.29. The Balaban J connectivity index is 2.52. The van der Waals surface area contributed by atoms with Crippen molar-refractivity contribution in [3.63, 3.8) is 0 Å². The fourth-order valence-corrected chi connectivity index (χ4v) is 2.07. The summed E-state index contributed by atoms with van der Waals surface area (Å²) in [6.45, 7) is 0. The van der Waals surface area contributed by atoms with Crippen molar-refractivity contribution in [3.8, 4) is 5.75 Å². The SMILES string of the molecule is COc1ccc(SSC(F)(F)F)cc1. The first kappa shape index (κ1) is 11.6. The van der Waals surface area contributed by atoms with Crippen LogP contribution in [0.1, 0.15) is 0 Å². The summed E-state index contributed by atoms with van der Waals surface area (Å²) < 4.78 is 40.3. The molecule has 0 aliphatic rings. The van der Waals surface area contributed by atoms with E-state index in [1.165, 1.54) is 7.11 Å². The van der Waals surface area contributed by atoms with Gasteiger partial charge in [-0.25, -0.2) is 0 Å². The third-order valence-corrected chi connectivity index (χ3v) is 3.42. The van der Waals surface area contributed by atoms with Crippen molar-refractivity contribution in [2.75, 3.05) is 7.11 Å². The Morgan fingerprint density at radius 2 is 1.71 bits per heavy atom. The predicted molar refractivity (Wildman–Crippen MR) is 52.5 cm³/mol. The van der Waals surface area contributed by atoms with Crippen LogP contribution in [0.2, 0.25) is 0 Å². The lowest BCUT2D eigenvalue weighted by atomic mass is 10.3. The number of alkyl halides is 3. The van der Waals surface area contributed by atoms with Crippen molar-refractivity contribution in [2.24, 2.45) is 0 Å². The molecule has 1 aromatic carbocycles. The fourth-order valence-electron chi connectivity index (χ4n) is 0.727. The Labute approximate surface area is 87.4 Å². The van der Waals surface area contributed by atoms with E-state index in [-0.39, 0.29) is 10.8 Å². The smallest absolute Gasteiger partial charge is 0.452 e. The summed E-state index contributed by atoms with van der Waals surface area (Å²) in [5.74, 6) is 0.631. The minimum atomic E-state index is -4.20. The van der Waals surface area contributed by atoms with Gasteiger partial charge in [-0.15, -0.1) is 0 Å². The van der Waals surface area contributed by atoms with Crippen LogP contribution in [0.5, 0.6) is 5.75 Å². The molecule has 0 spiro atoms. The van der Waals surface area contributed by atoms with Gasteiger partial charge in [-0.1, -0.05) is 0 Å². The van der Waals surface area contributed by atoms with Gasteiger partial charge in [0.15, 0.2) is 0 Å². The zero-order chi connectivity index (χ0) is 10.6. The molecule has 0 bridgehead atoms. The summed E-state index contributed by atoms with van der Waals surface area (Å²) in [5, 5.41) is 0. The summed E-state index contributed by atoms with van der Waals surface area (Å²) in [6, 6.07) is 6.42. The van der Waals surface area contributed by atoms with Crippen LogP contribution in [-0.2, 0) is 0 Å². The highest BCUT2D eigenvalue weighted by molar-refractivity contribution is 8.77. The maximum absolute atomic E-state index is 11.8. The summed E-state index contributed by atoms with van der Waals surface area (Å²) in [6.07, 6.45) is 0. The first-order chi connectivity index (χ1) is 6.51. The number of hydrogen-bond acceptors (Lipinski definition) is 3. The van der Waals surface area contributed by atoms with Crippen molar-refractivity contribution >= 4 is 21.6 Å². The molecule has 78 valence electrons. The van der Waals surface area contributed by atoms with E-state index in [1.807, 2.05) is 0 Å². The van der Waals surface area contributed by atoms with Crippen molar-refractivity contribution in [1.29, 1.82) is 0 Å². The molecule has 0 fully saturated rings. The van der Waals surface area contributed by atoms with E-state index in [1.54, 1.807) is 24.3 Å². The first-order valence-corrected chi connectivity index (χ1v) is 5.73. The second-order valence-electron chi connectivity index (χ2n) is 2.29. The highest BCUT2D eigenvalue weighted by Gasteiger charge is 2.29. The number of halogens is 3. The minimum Gasteiger partial charge on any atom is -0.497 e. The van der Waals surface area contributed by atoms with Gasteiger partial charge in [0.25, 0.3) is 0 Å². The molecular weight excluding hydrogens is 233 g/mol. The van der Waals surface area contributed by atoms with Crippen LogP contribution >= 0.6 is 21.6 Å². The molecule has 0 heterocycles. The standard InChI is InChI=1S/C8H7F3OS2/c1-12-6-2-4-7(5-3-6)13-14-8(9,10)11/h2-5H,1H3. The molecule has 0 amide bonds. The summed E-state index contributed by atoms with van der Waals surface area (Å²) >= 11 is 0. The van der Waals surface area contributed by atoms with Crippen LogP contribution in [0.15, 0.2) is 29.2 Å². The highest BCUT2D eigenvalue weighted by atomic mass is 33.1. The van der Waals surface area contributed by atoms with Crippen molar-refractivity contribution in [1.82, 2.24) is 0 Å². The zero-order valence-electron chi connectivity index (χ0n) is 7.17. The second kappa shape index (κ2) is 4.84. The monoisotopic (exact) mass is 240 g/mol. The van der Waals surface area contributed by atoms with Crippen LogP contribution in [0.25, 0.3) is 0 Å². The Bertz CT molecular complexity index is 284. The third kappa shape index (κ3) is 4.15. The summed E-state index contributed by atoms with van der Waals surface area (Å²) in [7, 11) is 2.07. The summed E-state index contributed by atoms with van der Waals surface area (Å²) in [4.78, 5) is 0.549. The van der Waals surface area contributed by atoms with Crippen LogP contribution in [0, 0.1) is 0 Å². The number of benzene rings is 1. The molecule has 0 saturated heterocycles. The van der Waals surface area contributed by atoms with Gasteiger partial charge < -0.3 is 4.74 Å². The molecule has 0 aromatic heterocycles. The van der Waals surface area contributed by atoms with E-state index < -0.39 is 5.51 Å². The van der Waals surface area contributed by atoms with E-state index in [4.69, 9.17) is 4.74 Å². The van der Waals surface area contributed by atoms with Gasteiger partial charge in [-0.05, 0) is 35.1 Å². The second-order valence-corrected chi connectivity index (χ2v) is 4.56. The largest absolute Gasteiger partial charge is 0.497 e. The highest BCUT2D eigenvalue weighted by Crippen LogP contribution is 2.43. The van der Waals surface area contributed by atoms with Gasteiger partial charge in [-0.2, -0.15) is 13.2 Å². The normalized spacial score (nSPS) is 11.4. The molecule has 0 atom stereocenters. The van der Waals surface area contributed by atoms with Gasteiger partial charge in [0.1, 0.15) is 5.75 Å². The minimum absolute atomic E-state index is 0.124. The first-order valence-electron chi connectivity index (χ1n) is 3.58. The molecule has 0 aliphatic heterocycles. The average molecular weight is 240 g/mol. The number of methoxy groups -OCH3 is 1. The number of ether oxygens (including phenoxy) is 1. The molecule has 1 rings (SSSR count). The van der Waals surface area contributed by atoms with Gasteiger partial charge in [-0.3, -0.25) is 0 Å². The number of rotatable bonds is 3. The molecule has 14 heavy (non-hydrogen) atoms. The Morgan fingerprint density at radius 3 is 2.14 bits per heavy atom. The maximum atomic E-state index is 11.8. The lowest BCUT2D eigenvalue weighted by Crippen LogP contribution is -1.95. The molecule has 6 heteroatoms. The molecule has 0 N–H and O–H groups in total. The Morgan fingerprint density at radius 1 is 1.14 bits per heavy atom. The molecule has 0 aliphatic carbocycles. The van der Waals surface area contributed by atoms with Crippen LogP contribution < -0.4 is 4.74 Å². The van der Waals surface area contributed by atoms with Gasteiger partial charge >= 0.3 is 5.51 Å². The van der Waals surface area contributed by atoms with E-state index >= 15 is 0 Å². The lowest BCUT2D eigenvalue weighted by Gasteiger charge is -2.04. The molecule has 0 radical (unpaired) electrons. The average Bonchev–Trinajstić information content (AvgIpc) is 2.14. The quantitative estimate of drug-likeness (QED) is 0.740. The van der Waals surface area contributed by atoms with E-state index in [2.05, 4.69) is 0 Å². The van der Waals surface area contributed by atoms with E-state index in [0.717, 1.165) is 0 Å². The molecule has 0 unspecified atom stereocenters. The molecular formula is C8H7F3OS2. The lowest BCUT2D eigenvalue weighted by molar-refractivity contribution is -0.0311. The topological polar surface area (TPSA) is 9.23 Å². The van der Waals surface area contributed by atoms with Crippen molar-refractivity contribution in [3.05, 3.63) is 24.3 Å². The van der Waals surface area contributed by atoms with Gasteiger partial charge in [0.05, 0.1) is 7.11 Å². The van der Waals surface area contributed by atoms with E-state index in [9.17, 15) is 13.2 Å². The van der Waals surface area contributed by atoms with Crippen LogP contribution in [0.3, 0.4) is 0 Å². The van der Waals surface area contributed by atoms with Crippen molar-refractivity contribution in [2.45, 2.75) is 10.4 Å². The Hall–Kier alpha value is -0.490. The fraction of sp³-hybridized carbons (Fsp3) is 0.250. The Kier molecular flexibility index (Phi) is 4.00. The van der Waals surface area contributed by atoms with Crippen molar-refractivity contribution < 1.29 is 17.9 Å². The van der Waals surface area contributed by atoms with Gasteiger partial charge in [0.2, 0.25) is 0 Å². The van der Waals surface area contributed by atoms with Gasteiger partial charge in [0, 0.05) is 15.7 Å². The van der Waals surface area contributed by atoms with Crippen LogP contribution in [-0.4, -0.2) is 12.6 Å². The zero-order valence-corrected chi connectivity index (χ0v) is 8.80. The maximum Gasteiger partial charge on any atom is 0.452 e. The molecule has 1 nitrogen and oxygen atoms in total. The van der Waals surface area contributed by atoms with E-state index in [0.29, 0.717) is 21.4 Å². The number of hydrogen-bond donors (Lipinski definition) is 0. The summed E-state index contributed by atoms with van der Waals surface area (Å²) in [5.41, 5.74) is -4.20. The van der Waals surface area contributed by atoms with Crippen LogP contribution in [0.4, 0.5) is 13.2 Å². The molecule has 0 saturated carbocycles. The predicted octanol–water partition coefficient (Wildman–Crippen LogP) is 3.96. The molecule has 1 aromatic rings.